The standard InChI is InChI=1S/C11H14BrN5S/c12-8-4-11(18-6-8)17-10-5-9(15-7-16-10)14-3-1-2-13/h4-7H,1-3,13H2,(H2,14,15,16,17). The van der Waals surface area contributed by atoms with Gasteiger partial charge in [-0.05, 0) is 35.0 Å². The van der Waals surface area contributed by atoms with E-state index >= 15 is 0 Å². The molecule has 0 saturated carbocycles. The summed E-state index contributed by atoms with van der Waals surface area (Å²) >= 11 is 5.03. The molecular weight excluding hydrogens is 314 g/mol. The van der Waals surface area contributed by atoms with Gasteiger partial charge >= 0.3 is 0 Å². The molecule has 0 amide bonds. The monoisotopic (exact) mass is 327 g/mol. The van der Waals surface area contributed by atoms with Crippen molar-refractivity contribution in [1.29, 1.82) is 0 Å². The van der Waals surface area contributed by atoms with Crippen LogP contribution in [0.25, 0.3) is 0 Å². The Hall–Kier alpha value is -1.18. The van der Waals surface area contributed by atoms with Crippen molar-refractivity contribution < 1.29 is 0 Å². The number of halogens is 1. The van der Waals surface area contributed by atoms with Gasteiger partial charge in [-0.2, -0.15) is 0 Å². The second-order valence-electron chi connectivity index (χ2n) is 3.61. The summed E-state index contributed by atoms with van der Waals surface area (Å²) in [7, 11) is 0. The van der Waals surface area contributed by atoms with Gasteiger partial charge in [0, 0.05) is 22.5 Å². The van der Waals surface area contributed by atoms with Crippen LogP contribution < -0.4 is 16.4 Å². The quantitative estimate of drug-likeness (QED) is 0.711. The van der Waals surface area contributed by atoms with Gasteiger partial charge in [0.15, 0.2) is 0 Å². The van der Waals surface area contributed by atoms with Crippen molar-refractivity contribution in [3.8, 4) is 0 Å². The molecular formula is C11H14BrN5S. The molecule has 0 aliphatic heterocycles. The number of nitrogens with zero attached hydrogens (tertiary/aromatic N) is 2. The van der Waals surface area contributed by atoms with Crippen LogP contribution in [0.5, 0.6) is 0 Å². The summed E-state index contributed by atoms with van der Waals surface area (Å²) in [5.74, 6) is 1.58. The van der Waals surface area contributed by atoms with E-state index in [9.17, 15) is 0 Å². The molecule has 0 aliphatic rings. The van der Waals surface area contributed by atoms with Gasteiger partial charge in [-0.15, -0.1) is 11.3 Å². The van der Waals surface area contributed by atoms with Crippen LogP contribution >= 0.6 is 27.3 Å². The van der Waals surface area contributed by atoms with Gasteiger partial charge in [-0.3, -0.25) is 0 Å². The van der Waals surface area contributed by atoms with Gasteiger partial charge in [0.05, 0.1) is 5.00 Å². The molecule has 0 bridgehead atoms. The third-order valence-electron chi connectivity index (χ3n) is 2.17. The number of hydrogen-bond donors (Lipinski definition) is 3. The molecule has 2 rings (SSSR count). The van der Waals surface area contributed by atoms with Gasteiger partial charge in [0.2, 0.25) is 0 Å². The van der Waals surface area contributed by atoms with Gasteiger partial charge < -0.3 is 16.4 Å². The minimum atomic E-state index is 0.673. The predicted octanol–water partition coefficient (Wildman–Crippen LogP) is 2.80. The topological polar surface area (TPSA) is 75.9 Å². The van der Waals surface area contributed by atoms with Crippen molar-refractivity contribution in [1.82, 2.24) is 9.97 Å². The van der Waals surface area contributed by atoms with E-state index in [1.165, 1.54) is 6.33 Å². The molecule has 0 fully saturated rings. The second kappa shape index (κ2) is 6.67. The minimum Gasteiger partial charge on any atom is -0.370 e. The summed E-state index contributed by atoms with van der Waals surface area (Å²) < 4.78 is 1.06. The summed E-state index contributed by atoms with van der Waals surface area (Å²) in [4.78, 5) is 8.33. The Morgan fingerprint density at radius 2 is 2.11 bits per heavy atom. The highest BCUT2D eigenvalue weighted by atomic mass is 79.9. The van der Waals surface area contributed by atoms with E-state index in [1.807, 2.05) is 17.5 Å². The van der Waals surface area contributed by atoms with E-state index in [2.05, 4.69) is 36.5 Å². The lowest BCUT2D eigenvalue weighted by Gasteiger charge is -2.06. The molecule has 0 atom stereocenters. The summed E-state index contributed by atoms with van der Waals surface area (Å²) in [6, 6.07) is 3.89. The Balaban J connectivity index is 1.98. The molecule has 7 heteroatoms. The molecule has 4 N–H and O–H groups in total. The van der Waals surface area contributed by atoms with Crippen LogP contribution in [0.1, 0.15) is 6.42 Å². The number of nitrogens with one attached hydrogen (secondary N) is 2. The van der Waals surface area contributed by atoms with Crippen molar-refractivity contribution in [3.05, 3.63) is 28.3 Å². The fourth-order valence-corrected chi connectivity index (χ4v) is 2.67. The molecule has 0 unspecified atom stereocenters. The van der Waals surface area contributed by atoms with Crippen LogP contribution in [-0.2, 0) is 0 Å². The van der Waals surface area contributed by atoms with E-state index in [0.29, 0.717) is 6.54 Å². The molecule has 0 aliphatic carbocycles. The zero-order chi connectivity index (χ0) is 12.8. The summed E-state index contributed by atoms with van der Waals surface area (Å²) in [6.45, 7) is 1.49. The summed E-state index contributed by atoms with van der Waals surface area (Å²) in [5.41, 5.74) is 5.44. The van der Waals surface area contributed by atoms with Crippen LogP contribution in [0, 0.1) is 0 Å². The average Bonchev–Trinajstić information content (AvgIpc) is 2.76. The molecule has 2 heterocycles. The molecule has 2 aromatic rings. The fraction of sp³-hybridized carbons (Fsp3) is 0.273. The van der Waals surface area contributed by atoms with E-state index in [-0.39, 0.29) is 0 Å². The average molecular weight is 328 g/mol. The molecule has 18 heavy (non-hydrogen) atoms. The third kappa shape index (κ3) is 3.94. The van der Waals surface area contributed by atoms with E-state index < -0.39 is 0 Å². The Kier molecular flexibility index (Phi) is 4.91. The third-order valence-corrected chi connectivity index (χ3v) is 3.78. The maximum Gasteiger partial charge on any atom is 0.136 e. The molecule has 96 valence electrons. The Morgan fingerprint density at radius 1 is 1.28 bits per heavy atom. The van der Waals surface area contributed by atoms with Gasteiger partial charge in [-0.1, -0.05) is 0 Å². The number of hydrogen-bond acceptors (Lipinski definition) is 6. The number of nitrogens with two attached hydrogens (primary N) is 1. The van der Waals surface area contributed by atoms with Crippen LogP contribution in [0.15, 0.2) is 28.3 Å². The molecule has 0 radical (unpaired) electrons. The highest BCUT2D eigenvalue weighted by Crippen LogP contribution is 2.27. The highest BCUT2D eigenvalue weighted by molar-refractivity contribution is 9.10. The second-order valence-corrected chi connectivity index (χ2v) is 5.44. The first-order chi connectivity index (χ1) is 8.78. The first kappa shape index (κ1) is 13.3. The normalized spacial score (nSPS) is 10.3. The maximum absolute atomic E-state index is 5.44. The van der Waals surface area contributed by atoms with Gasteiger partial charge in [0.1, 0.15) is 18.0 Å². The lowest BCUT2D eigenvalue weighted by Crippen LogP contribution is -2.09. The number of rotatable bonds is 6. The number of thiophene rings is 1. The fourth-order valence-electron chi connectivity index (χ4n) is 1.35. The van der Waals surface area contributed by atoms with Crippen molar-refractivity contribution >= 4 is 43.9 Å². The number of anilines is 3. The Morgan fingerprint density at radius 3 is 2.83 bits per heavy atom. The molecule has 0 spiro atoms. The number of aromatic nitrogens is 2. The Labute approximate surface area is 118 Å². The largest absolute Gasteiger partial charge is 0.370 e. The smallest absolute Gasteiger partial charge is 0.136 e. The van der Waals surface area contributed by atoms with E-state index in [1.54, 1.807) is 11.3 Å². The zero-order valence-electron chi connectivity index (χ0n) is 9.69. The SMILES string of the molecule is NCCCNc1cc(Nc2cc(Br)cs2)ncn1. The highest BCUT2D eigenvalue weighted by Gasteiger charge is 2.01. The zero-order valence-corrected chi connectivity index (χ0v) is 12.1. The van der Waals surface area contributed by atoms with Crippen LogP contribution in [-0.4, -0.2) is 23.1 Å². The van der Waals surface area contributed by atoms with E-state index in [0.717, 1.165) is 34.1 Å². The van der Waals surface area contributed by atoms with Crippen LogP contribution in [0.3, 0.4) is 0 Å². The van der Waals surface area contributed by atoms with Crippen molar-refractivity contribution in [2.75, 3.05) is 23.7 Å². The van der Waals surface area contributed by atoms with Crippen molar-refractivity contribution in [2.24, 2.45) is 5.73 Å². The predicted molar refractivity (Wildman–Crippen MR) is 79.5 cm³/mol. The van der Waals surface area contributed by atoms with Crippen LogP contribution in [0.2, 0.25) is 0 Å². The summed E-state index contributed by atoms with van der Waals surface area (Å²) in [5, 5.41) is 9.48. The lowest BCUT2D eigenvalue weighted by atomic mass is 10.4. The molecule has 0 saturated heterocycles. The van der Waals surface area contributed by atoms with E-state index in [4.69, 9.17) is 5.73 Å². The molecule has 0 aromatic carbocycles. The molecule has 2 aromatic heterocycles. The minimum absolute atomic E-state index is 0.673. The van der Waals surface area contributed by atoms with Crippen molar-refractivity contribution in [2.45, 2.75) is 6.42 Å². The van der Waals surface area contributed by atoms with Crippen molar-refractivity contribution in [3.63, 3.8) is 0 Å². The first-order valence-corrected chi connectivity index (χ1v) is 7.22. The maximum atomic E-state index is 5.44. The van der Waals surface area contributed by atoms with Crippen LogP contribution in [0.4, 0.5) is 16.6 Å². The lowest BCUT2D eigenvalue weighted by molar-refractivity contribution is 0.869. The first-order valence-electron chi connectivity index (χ1n) is 5.55. The van der Waals surface area contributed by atoms with Gasteiger partial charge in [0.25, 0.3) is 0 Å². The van der Waals surface area contributed by atoms with Gasteiger partial charge in [-0.25, -0.2) is 9.97 Å². The summed E-state index contributed by atoms with van der Waals surface area (Å²) in [6.07, 6.45) is 2.46. The Bertz CT molecular complexity index is 502. The molecule has 5 nitrogen and oxygen atoms in total.